The van der Waals surface area contributed by atoms with Crippen LogP contribution in [0.5, 0.6) is 0 Å². The average molecular weight is 521 g/mol. The molecule has 0 atom stereocenters. The summed E-state index contributed by atoms with van der Waals surface area (Å²) in [6, 6.07) is 10.7. The number of ether oxygens (including phenoxy) is 3. The first kappa shape index (κ1) is 27.1. The number of nitrogens with one attached hydrogen (secondary N) is 2. The SMILES string of the molecule is CCOCC(Nc1cnc2c(c1NCC1(C)COC(C)(C)OC1)CCN(Cc1ccccc1)C2)=C1CCC1. The highest BCUT2D eigenvalue weighted by Gasteiger charge is 2.37. The van der Waals surface area contributed by atoms with Gasteiger partial charge in [-0.15, -0.1) is 0 Å². The summed E-state index contributed by atoms with van der Waals surface area (Å²) < 4.78 is 17.9. The summed E-state index contributed by atoms with van der Waals surface area (Å²) in [6.07, 6.45) is 6.52. The number of nitrogens with zero attached hydrogens (tertiary/aromatic N) is 2. The van der Waals surface area contributed by atoms with Gasteiger partial charge in [0.25, 0.3) is 0 Å². The molecular formula is C31H44N4O3. The zero-order chi connectivity index (χ0) is 26.6. The van der Waals surface area contributed by atoms with Crippen molar-refractivity contribution in [3.05, 3.63) is 64.6 Å². The molecule has 1 saturated carbocycles. The minimum Gasteiger partial charge on any atom is -0.382 e. The molecule has 7 heteroatoms. The third-order valence-electron chi connectivity index (χ3n) is 7.92. The minimum absolute atomic E-state index is 0.114. The molecule has 7 nitrogen and oxygen atoms in total. The van der Waals surface area contributed by atoms with Crippen LogP contribution in [0.1, 0.15) is 63.8 Å². The van der Waals surface area contributed by atoms with E-state index in [0.717, 1.165) is 62.5 Å². The molecule has 38 heavy (non-hydrogen) atoms. The quantitative estimate of drug-likeness (QED) is 0.415. The van der Waals surface area contributed by atoms with Crippen molar-refractivity contribution in [3.63, 3.8) is 0 Å². The topological polar surface area (TPSA) is 67.9 Å². The van der Waals surface area contributed by atoms with Crippen molar-refractivity contribution in [1.82, 2.24) is 9.88 Å². The summed E-state index contributed by atoms with van der Waals surface area (Å²) in [5.74, 6) is -0.520. The van der Waals surface area contributed by atoms with Crippen molar-refractivity contribution in [2.24, 2.45) is 5.41 Å². The van der Waals surface area contributed by atoms with E-state index in [1.165, 1.54) is 28.8 Å². The molecule has 3 heterocycles. The van der Waals surface area contributed by atoms with Gasteiger partial charge in [0, 0.05) is 49.5 Å². The number of pyridine rings is 1. The third-order valence-corrected chi connectivity index (χ3v) is 7.92. The van der Waals surface area contributed by atoms with Crippen LogP contribution in [-0.4, -0.2) is 55.2 Å². The minimum atomic E-state index is -0.520. The van der Waals surface area contributed by atoms with Gasteiger partial charge in [-0.05, 0) is 57.6 Å². The zero-order valence-electron chi connectivity index (χ0n) is 23.6. The van der Waals surface area contributed by atoms with Crippen LogP contribution < -0.4 is 10.6 Å². The van der Waals surface area contributed by atoms with Crippen molar-refractivity contribution in [3.8, 4) is 0 Å². The van der Waals surface area contributed by atoms with Crippen LogP contribution in [0, 0.1) is 5.41 Å². The van der Waals surface area contributed by atoms with Gasteiger partial charge in [-0.2, -0.15) is 0 Å². The maximum absolute atomic E-state index is 6.02. The molecular weight excluding hydrogens is 476 g/mol. The van der Waals surface area contributed by atoms with Gasteiger partial charge < -0.3 is 24.8 Å². The number of anilines is 2. The average Bonchev–Trinajstić information content (AvgIpc) is 2.88. The van der Waals surface area contributed by atoms with Gasteiger partial charge in [0.15, 0.2) is 5.79 Å². The lowest BCUT2D eigenvalue weighted by Crippen LogP contribution is -2.48. The molecule has 1 aromatic heterocycles. The van der Waals surface area contributed by atoms with Crippen LogP contribution >= 0.6 is 0 Å². The molecule has 1 saturated heterocycles. The van der Waals surface area contributed by atoms with Crippen LogP contribution in [0.4, 0.5) is 11.4 Å². The molecule has 0 amide bonds. The van der Waals surface area contributed by atoms with Gasteiger partial charge in [0.2, 0.25) is 0 Å². The van der Waals surface area contributed by atoms with Gasteiger partial charge in [0.05, 0.1) is 43.1 Å². The first-order valence-corrected chi connectivity index (χ1v) is 14.2. The van der Waals surface area contributed by atoms with Crippen LogP contribution in [0.25, 0.3) is 0 Å². The number of benzene rings is 1. The molecule has 0 unspecified atom stereocenters. The summed E-state index contributed by atoms with van der Waals surface area (Å²) in [5.41, 5.74) is 8.57. The molecule has 2 aromatic rings. The molecule has 2 N–H and O–H groups in total. The largest absolute Gasteiger partial charge is 0.382 e. The lowest BCUT2D eigenvalue weighted by molar-refractivity contribution is -0.279. The van der Waals surface area contributed by atoms with E-state index in [0.29, 0.717) is 26.4 Å². The lowest BCUT2D eigenvalue weighted by Gasteiger charge is -2.42. The summed E-state index contributed by atoms with van der Waals surface area (Å²) in [7, 11) is 0. The Kier molecular flexibility index (Phi) is 8.38. The normalized spacial score (nSPS) is 20.4. The second-order valence-electron chi connectivity index (χ2n) is 11.8. The summed E-state index contributed by atoms with van der Waals surface area (Å²) in [4.78, 5) is 7.47. The first-order chi connectivity index (χ1) is 18.3. The summed E-state index contributed by atoms with van der Waals surface area (Å²) in [6.45, 7) is 14.4. The molecule has 1 aliphatic carbocycles. The summed E-state index contributed by atoms with van der Waals surface area (Å²) in [5, 5.41) is 7.59. The lowest BCUT2D eigenvalue weighted by atomic mass is 9.90. The number of hydrogen-bond acceptors (Lipinski definition) is 7. The van der Waals surface area contributed by atoms with E-state index in [-0.39, 0.29) is 5.41 Å². The van der Waals surface area contributed by atoms with E-state index in [9.17, 15) is 0 Å². The maximum Gasteiger partial charge on any atom is 0.162 e. The maximum atomic E-state index is 6.02. The number of allylic oxidation sites excluding steroid dienone is 1. The van der Waals surface area contributed by atoms with Gasteiger partial charge in [-0.1, -0.05) is 37.3 Å². The van der Waals surface area contributed by atoms with Gasteiger partial charge in [0.1, 0.15) is 0 Å². The second-order valence-corrected chi connectivity index (χ2v) is 11.8. The van der Waals surface area contributed by atoms with E-state index in [1.807, 2.05) is 27.0 Å². The Morgan fingerprint density at radius 2 is 1.84 bits per heavy atom. The van der Waals surface area contributed by atoms with Crippen LogP contribution in [0.15, 0.2) is 47.8 Å². The Morgan fingerprint density at radius 1 is 1.08 bits per heavy atom. The Morgan fingerprint density at radius 3 is 2.53 bits per heavy atom. The van der Waals surface area contributed by atoms with Crippen molar-refractivity contribution < 1.29 is 14.2 Å². The first-order valence-electron chi connectivity index (χ1n) is 14.2. The number of fused-ring (bicyclic) bond motifs is 1. The van der Waals surface area contributed by atoms with E-state index in [2.05, 4.69) is 52.8 Å². The highest BCUT2D eigenvalue weighted by molar-refractivity contribution is 5.75. The van der Waals surface area contributed by atoms with E-state index < -0.39 is 5.79 Å². The molecule has 2 fully saturated rings. The number of hydrogen-bond donors (Lipinski definition) is 2. The Balaban J connectivity index is 1.38. The molecule has 3 aliphatic rings. The predicted octanol–water partition coefficient (Wildman–Crippen LogP) is 5.73. The van der Waals surface area contributed by atoms with E-state index in [4.69, 9.17) is 19.2 Å². The third kappa shape index (κ3) is 6.57. The number of aromatic nitrogens is 1. The zero-order valence-corrected chi connectivity index (χ0v) is 23.6. The fourth-order valence-electron chi connectivity index (χ4n) is 5.26. The van der Waals surface area contributed by atoms with Crippen molar-refractivity contribution in [2.45, 2.75) is 72.3 Å². The van der Waals surface area contributed by atoms with E-state index >= 15 is 0 Å². The molecule has 2 aliphatic heterocycles. The molecule has 1 aromatic carbocycles. The molecule has 0 bridgehead atoms. The van der Waals surface area contributed by atoms with Crippen molar-refractivity contribution >= 4 is 11.4 Å². The smallest absolute Gasteiger partial charge is 0.162 e. The predicted molar refractivity (Wildman–Crippen MR) is 152 cm³/mol. The van der Waals surface area contributed by atoms with Gasteiger partial charge in [-0.3, -0.25) is 9.88 Å². The summed E-state index contributed by atoms with van der Waals surface area (Å²) >= 11 is 0. The second kappa shape index (κ2) is 11.7. The molecule has 206 valence electrons. The van der Waals surface area contributed by atoms with Crippen LogP contribution in [-0.2, 0) is 33.7 Å². The molecule has 0 spiro atoms. The van der Waals surface area contributed by atoms with Crippen LogP contribution in [0.2, 0.25) is 0 Å². The molecule has 5 rings (SSSR count). The fourth-order valence-corrected chi connectivity index (χ4v) is 5.26. The Labute approximate surface area is 228 Å². The fraction of sp³-hybridized carbons (Fsp3) is 0.581. The van der Waals surface area contributed by atoms with Crippen molar-refractivity contribution in [2.75, 3.05) is 50.2 Å². The Hall–Kier alpha value is -2.45. The standard InChI is InChI=1S/C31H44N4O3/c1-5-36-19-28(24-12-9-13-24)34-26-16-32-27-18-35(17-23-10-7-6-8-11-23)15-14-25(27)29(26)33-20-31(4)21-37-30(2,3)38-22-31/h6-8,10-11,16,34H,5,9,12-15,17-22H2,1-4H3,(H,32,33). The highest BCUT2D eigenvalue weighted by atomic mass is 16.7. The van der Waals surface area contributed by atoms with Crippen LogP contribution in [0.3, 0.4) is 0 Å². The monoisotopic (exact) mass is 520 g/mol. The highest BCUT2D eigenvalue weighted by Crippen LogP contribution is 2.37. The molecule has 0 radical (unpaired) electrons. The van der Waals surface area contributed by atoms with Crippen molar-refractivity contribution in [1.29, 1.82) is 0 Å². The van der Waals surface area contributed by atoms with Gasteiger partial charge >= 0.3 is 0 Å². The Bertz CT molecular complexity index is 1120. The van der Waals surface area contributed by atoms with E-state index in [1.54, 1.807) is 0 Å². The van der Waals surface area contributed by atoms with Gasteiger partial charge in [-0.25, -0.2) is 0 Å². The number of rotatable bonds is 10.